The van der Waals surface area contributed by atoms with E-state index in [9.17, 15) is 9.00 Å². The Kier molecular flexibility index (Phi) is 7.15. The highest BCUT2D eigenvalue weighted by Gasteiger charge is 2.07. The van der Waals surface area contributed by atoms with Gasteiger partial charge in [0.05, 0.1) is 0 Å². The second-order valence-electron chi connectivity index (χ2n) is 5.98. The second-order valence-corrected chi connectivity index (χ2v) is 7.44. The van der Waals surface area contributed by atoms with Crippen molar-refractivity contribution in [3.05, 3.63) is 65.7 Å². The van der Waals surface area contributed by atoms with Gasteiger partial charge in [-0.3, -0.25) is 9.00 Å². The van der Waals surface area contributed by atoms with E-state index < -0.39 is 10.8 Å². The number of hydrogen-bond donors (Lipinski definition) is 2. The summed E-state index contributed by atoms with van der Waals surface area (Å²) in [5.74, 6) is 0.958. The fraction of sp³-hybridized carbons (Fsp3) is 0.316. The number of carbonyl (C=O) groups excluding carboxylic acids is 1. The van der Waals surface area contributed by atoms with E-state index >= 15 is 0 Å². The molecule has 0 aliphatic heterocycles. The number of anilines is 1. The first-order chi connectivity index (χ1) is 11.5. The van der Waals surface area contributed by atoms with E-state index in [1.807, 2.05) is 61.5 Å². The molecule has 0 bridgehead atoms. The van der Waals surface area contributed by atoms with Gasteiger partial charge in [0.2, 0.25) is 5.91 Å². The van der Waals surface area contributed by atoms with Gasteiger partial charge in [0.25, 0.3) is 0 Å². The van der Waals surface area contributed by atoms with Crippen LogP contribution in [0.2, 0.25) is 0 Å². The summed E-state index contributed by atoms with van der Waals surface area (Å²) in [7, 11) is -0.982. The molecule has 1 amide bonds. The smallest absolute Gasteiger partial charge is 0.224 e. The molecule has 0 fully saturated rings. The van der Waals surface area contributed by atoms with Crippen LogP contribution in [0.15, 0.2) is 54.6 Å². The number of carbonyl (C=O) groups is 1. The quantitative estimate of drug-likeness (QED) is 0.772. The van der Waals surface area contributed by atoms with Crippen LogP contribution in [0.3, 0.4) is 0 Å². The Morgan fingerprint density at radius 1 is 1.08 bits per heavy atom. The van der Waals surface area contributed by atoms with Gasteiger partial charge in [0.1, 0.15) is 0 Å². The molecule has 24 heavy (non-hydrogen) atoms. The molecule has 2 atom stereocenters. The minimum absolute atomic E-state index is 0.0162. The van der Waals surface area contributed by atoms with Crippen molar-refractivity contribution in [3.63, 3.8) is 0 Å². The number of benzene rings is 2. The lowest BCUT2D eigenvalue weighted by Crippen LogP contribution is -2.19. The Hall–Kier alpha value is -1.98. The van der Waals surface area contributed by atoms with Crippen LogP contribution in [0, 0.1) is 0 Å². The summed E-state index contributed by atoms with van der Waals surface area (Å²) in [6, 6.07) is 17.3. The lowest BCUT2D eigenvalue weighted by molar-refractivity contribution is -0.116. The molecule has 5 heteroatoms. The van der Waals surface area contributed by atoms with Crippen molar-refractivity contribution in [2.75, 3.05) is 5.32 Å². The molecule has 4 nitrogen and oxygen atoms in total. The minimum atomic E-state index is -0.982. The molecule has 2 rings (SSSR count). The third-order valence-corrected chi connectivity index (χ3v) is 4.85. The Morgan fingerprint density at radius 3 is 2.46 bits per heavy atom. The molecule has 3 N–H and O–H groups in total. The van der Waals surface area contributed by atoms with E-state index in [2.05, 4.69) is 5.32 Å². The molecular formula is C19H24N2O2S. The highest BCUT2D eigenvalue weighted by Crippen LogP contribution is 2.15. The van der Waals surface area contributed by atoms with E-state index in [1.165, 1.54) is 0 Å². The summed E-state index contributed by atoms with van der Waals surface area (Å²) in [5.41, 5.74) is 8.42. The second kappa shape index (κ2) is 9.35. The van der Waals surface area contributed by atoms with Gasteiger partial charge in [0, 0.05) is 40.5 Å². The van der Waals surface area contributed by atoms with E-state index in [4.69, 9.17) is 5.73 Å². The molecule has 0 aliphatic rings. The molecule has 0 saturated heterocycles. The van der Waals surface area contributed by atoms with Crippen molar-refractivity contribution in [1.82, 2.24) is 0 Å². The van der Waals surface area contributed by atoms with Crippen LogP contribution >= 0.6 is 0 Å². The Bertz CT molecular complexity index is 687. The van der Waals surface area contributed by atoms with Gasteiger partial charge in [-0.25, -0.2) is 0 Å². The zero-order valence-corrected chi connectivity index (χ0v) is 14.7. The number of nitrogens with one attached hydrogen (secondary N) is 1. The van der Waals surface area contributed by atoms with Crippen molar-refractivity contribution >= 4 is 22.4 Å². The first-order valence-electron chi connectivity index (χ1n) is 8.06. The third kappa shape index (κ3) is 6.64. The summed E-state index contributed by atoms with van der Waals surface area (Å²) in [5, 5.41) is 2.87. The largest absolute Gasteiger partial charge is 0.328 e. The van der Waals surface area contributed by atoms with E-state index in [-0.39, 0.29) is 11.9 Å². The summed E-state index contributed by atoms with van der Waals surface area (Å²) in [6.45, 7) is 1.88. The van der Waals surface area contributed by atoms with Crippen molar-refractivity contribution in [2.24, 2.45) is 5.73 Å². The third-order valence-electron chi connectivity index (χ3n) is 3.54. The van der Waals surface area contributed by atoms with Crippen LogP contribution in [0.25, 0.3) is 0 Å². The molecule has 2 aromatic carbocycles. The molecule has 0 radical (unpaired) electrons. The molecule has 2 aromatic rings. The number of rotatable bonds is 8. The van der Waals surface area contributed by atoms with Crippen molar-refractivity contribution in [1.29, 1.82) is 0 Å². The van der Waals surface area contributed by atoms with Crippen LogP contribution in [-0.4, -0.2) is 16.2 Å². The van der Waals surface area contributed by atoms with Gasteiger partial charge in [-0.05, 0) is 36.6 Å². The number of amides is 1. The fourth-order valence-electron chi connectivity index (χ4n) is 2.32. The SMILES string of the molecule is CC(N)CCC(=O)Nc1cccc(CS(=O)Cc2ccccc2)c1. The van der Waals surface area contributed by atoms with E-state index in [0.29, 0.717) is 24.3 Å². The van der Waals surface area contributed by atoms with Gasteiger partial charge in [-0.15, -0.1) is 0 Å². The van der Waals surface area contributed by atoms with Crippen LogP contribution in [0.1, 0.15) is 30.9 Å². The molecule has 128 valence electrons. The molecule has 2 unspecified atom stereocenters. The van der Waals surface area contributed by atoms with Gasteiger partial charge in [0.15, 0.2) is 0 Å². The molecule has 0 aromatic heterocycles. The Balaban J connectivity index is 1.90. The highest BCUT2D eigenvalue weighted by atomic mass is 32.2. The maximum absolute atomic E-state index is 12.3. The van der Waals surface area contributed by atoms with E-state index in [0.717, 1.165) is 16.8 Å². The standard InChI is InChI=1S/C19H24N2O2S/c1-15(20)10-11-19(22)21-18-9-5-8-17(12-18)14-24(23)13-16-6-3-2-4-7-16/h2-9,12,15H,10-11,13-14,20H2,1H3,(H,21,22). The van der Waals surface area contributed by atoms with Crippen molar-refractivity contribution < 1.29 is 9.00 Å². The molecule has 0 saturated carbocycles. The summed E-state index contributed by atoms with van der Waals surface area (Å²) >= 11 is 0. The maximum Gasteiger partial charge on any atom is 0.224 e. The topological polar surface area (TPSA) is 72.2 Å². The van der Waals surface area contributed by atoms with Crippen molar-refractivity contribution in [2.45, 2.75) is 37.3 Å². The summed E-state index contributed by atoms with van der Waals surface area (Å²) in [4.78, 5) is 11.9. The van der Waals surface area contributed by atoms with Crippen molar-refractivity contribution in [3.8, 4) is 0 Å². The summed E-state index contributed by atoms with van der Waals surface area (Å²) < 4.78 is 12.3. The zero-order chi connectivity index (χ0) is 17.4. The van der Waals surface area contributed by atoms with E-state index in [1.54, 1.807) is 0 Å². The average Bonchev–Trinajstić information content (AvgIpc) is 2.54. The first kappa shape index (κ1) is 18.4. The summed E-state index contributed by atoms with van der Waals surface area (Å²) in [6.07, 6.45) is 1.06. The lowest BCUT2D eigenvalue weighted by Gasteiger charge is -2.09. The van der Waals surface area contributed by atoms with Crippen LogP contribution in [0.4, 0.5) is 5.69 Å². The first-order valence-corrected chi connectivity index (χ1v) is 9.55. The van der Waals surface area contributed by atoms with Gasteiger partial charge in [-0.2, -0.15) is 0 Å². The monoisotopic (exact) mass is 344 g/mol. The molecule has 0 aliphatic carbocycles. The minimum Gasteiger partial charge on any atom is -0.328 e. The Labute approximate surface area is 145 Å². The number of nitrogens with two attached hydrogens (primary N) is 1. The van der Waals surface area contributed by atoms with Crippen LogP contribution in [-0.2, 0) is 27.1 Å². The molecule has 0 spiro atoms. The Morgan fingerprint density at radius 2 is 1.75 bits per heavy atom. The molecular weight excluding hydrogens is 320 g/mol. The lowest BCUT2D eigenvalue weighted by atomic mass is 10.2. The van der Waals surface area contributed by atoms with Crippen LogP contribution in [0.5, 0.6) is 0 Å². The number of hydrogen-bond acceptors (Lipinski definition) is 3. The zero-order valence-electron chi connectivity index (χ0n) is 13.9. The predicted octanol–water partition coefficient (Wildman–Crippen LogP) is 3.20. The average molecular weight is 344 g/mol. The van der Waals surface area contributed by atoms with Crippen LogP contribution < -0.4 is 11.1 Å². The molecule has 0 heterocycles. The van der Waals surface area contributed by atoms with Gasteiger partial charge >= 0.3 is 0 Å². The normalized spacial score (nSPS) is 13.2. The fourth-order valence-corrected chi connectivity index (χ4v) is 3.54. The van der Waals surface area contributed by atoms with Gasteiger partial charge in [-0.1, -0.05) is 42.5 Å². The predicted molar refractivity (Wildman–Crippen MR) is 99.9 cm³/mol. The highest BCUT2D eigenvalue weighted by molar-refractivity contribution is 7.83. The van der Waals surface area contributed by atoms with Gasteiger partial charge < -0.3 is 11.1 Å². The maximum atomic E-state index is 12.3.